The Bertz CT molecular complexity index is 312. The van der Waals surface area contributed by atoms with Gasteiger partial charge in [0.1, 0.15) is 0 Å². The maximum atomic E-state index is 10.6. The highest BCUT2D eigenvalue weighted by Crippen LogP contribution is 2.23. The second-order valence-electron chi connectivity index (χ2n) is 3.96. The molecule has 0 amide bonds. The van der Waals surface area contributed by atoms with Crippen LogP contribution in [0.15, 0.2) is 24.3 Å². The van der Waals surface area contributed by atoms with Crippen LogP contribution in [-0.4, -0.2) is 11.1 Å². The third kappa shape index (κ3) is 2.34. The third-order valence-electron chi connectivity index (χ3n) is 2.68. The van der Waals surface area contributed by atoms with Crippen molar-refractivity contribution in [3.8, 4) is 0 Å². The number of carboxylic acid groups (broad SMARTS) is 1. The molecule has 76 valence electrons. The summed E-state index contributed by atoms with van der Waals surface area (Å²) in [5.41, 5.74) is 1.55. The lowest BCUT2D eigenvalue weighted by Gasteiger charge is -2.15. The van der Waals surface area contributed by atoms with Crippen molar-refractivity contribution in [3.63, 3.8) is 0 Å². The van der Waals surface area contributed by atoms with Crippen LogP contribution in [0.1, 0.15) is 42.6 Å². The fraction of sp³-hybridized carbons (Fsp3) is 0.417. The molecule has 1 aromatic carbocycles. The van der Waals surface area contributed by atoms with E-state index in [0.29, 0.717) is 17.4 Å². The predicted molar refractivity (Wildman–Crippen MR) is 56.7 cm³/mol. The molecule has 0 saturated carbocycles. The largest absolute Gasteiger partial charge is 0.478 e. The maximum absolute atomic E-state index is 10.6. The summed E-state index contributed by atoms with van der Waals surface area (Å²) in [6, 6.07) is 7.12. The number of carboxylic acids is 1. The first-order valence-corrected chi connectivity index (χ1v) is 4.85. The van der Waals surface area contributed by atoms with E-state index in [4.69, 9.17) is 5.11 Å². The molecular formula is C12H16O2. The minimum absolute atomic E-state index is 0.352. The third-order valence-corrected chi connectivity index (χ3v) is 2.68. The fourth-order valence-electron chi connectivity index (χ4n) is 1.31. The van der Waals surface area contributed by atoms with Gasteiger partial charge in [-0.05, 0) is 29.5 Å². The summed E-state index contributed by atoms with van der Waals surface area (Å²) in [5.74, 6) is 0.178. The first-order valence-electron chi connectivity index (χ1n) is 4.85. The molecule has 1 aromatic rings. The molecule has 14 heavy (non-hydrogen) atoms. The molecule has 2 nitrogen and oxygen atoms in total. The van der Waals surface area contributed by atoms with Crippen molar-refractivity contribution in [2.24, 2.45) is 5.92 Å². The van der Waals surface area contributed by atoms with Crippen LogP contribution in [0.4, 0.5) is 0 Å². The van der Waals surface area contributed by atoms with E-state index in [1.165, 1.54) is 5.56 Å². The Labute approximate surface area is 84.6 Å². The Hall–Kier alpha value is -1.31. The molecular weight excluding hydrogens is 176 g/mol. The molecule has 0 heterocycles. The average molecular weight is 192 g/mol. The summed E-state index contributed by atoms with van der Waals surface area (Å²) in [7, 11) is 0. The molecule has 2 heteroatoms. The minimum atomic E-state index is -0.867. The molecule has 0 unspecified atom stereocenters. The van der Waals surface area contributed by atoms with Crippen LogP contribution in [0.25, 0.3) is 0 Å². The van der Waals surface area contributed by atoms with Crippen LogP contribution in [0.5, 0.6) is 0 Å². The molecule has 0 aliphatic carbocycles. The Morgan fingerprint density at radius 2 is 1.64 bits per heavy atom. The SMILES string of the molecule is CC(C)[C@H](C)c1ccc(C(=O)O)cc1. The first-order chi connectivity index (χ1) is 6.52. The number of benzene rings is 1. The molecule has 0 aromatic heterocycles. The normalized spacial score (nSPS) is 12.9. The van der Waals surface area contributed by atoms with Crippen molar-refractivity contribution >= 4 is 5.97 Å². The minimum Gasteiger partial charge on any atom is -0.478 e. The standard InChI is InChI=1S/C12H16O2/c1-8(2)9(3)10-4-6-11(7-5-10)12(13)14/h4-9H,1-3H3,(H,13,14)/t9-/m0/s1. The topological polar surface area (TPSA) is 37.3 Å². The molecule has 0 aliphatic heterocycles. The van der Waals surface area contributed by atoms with Gasteiger partial charge in [0.25, 0.3) is 0 Å². The molecule has 0 radical (unpaired) electrons. The van der Waals surface area contributed by atoms with E-state index in [1.807, 2.05) is 12.1 Å². The average Bonchev–Trinajstić information content (AvgIpc) is 2.16. The van der Waals surface area contributed by atoms with Gasteiger partial charge in [0.15, 0.2) is 0 Å². The van der Waals surface area contributed by atoms with Crippen LogP contribution in [0.2, 0.25) is 0 Å². The molecule has 0 saturated heterocycles. The van der Waals surface area contributed by atoms with E-state index in [0.717, 1.165) is 0 Å². The summed E-state index contributed by atoms with van der Waals surface area (Å²) in [4.78, 5) is 10.6. The van der Waals surface area contributed by atoms with Crippen molar-refractivity contribution in [2.45, 2.75) is 26.7 Å². The van der Waals surface area contributed by atoms with E-state index >= 15 is 0 Å². The van der Waals surface area contributed by atoms with Gasteiger partial charge in [0.2, 0.25) is 0 Å². The van der Waals surface area contributed by atoms with Gasteiger partial charge in [-0.3, -0.25) is 0 Å². The van der Waals surface area contributed by atoms with Crippen molar-refractivity contribution in [1.29, 1.82) is 0 Å². The van der Waals surface area contributed by atoms with E-state index in [9.17, 15) is 4.79 Å². The quantitative estimate of drug-likeness (QED) is 0.798. The summed E-state index contributed by atoms with van der Waals surface area (Å²) >= 11 is 0. The zero-order valence-corrected chi connectivity index (χ0v) is 8.82. The van der Waals surface area contributed by atoms with Crippen molar-refractivity contribution in [2.75, 3.05) is 0 Å². The number of hydrogen-bond acceptors (Lipinski definition) is 1. The van der Waals surface area contributed by atoms with Gasteiger partial charge in [-0.25, -0.2) is 4.79 Å². The van der Waals surface area contributed by atoms with Gasteiger partial charge in [-0.15, -0.1) is 0 Å². The van der Waals surface area contributed by atoms with E-state index in [1.54, 1.807) is 12.1 Å². The maximum Gasteiger partial charge on any atom is 0.335 e. The first kappa shape index (κ1) is 10.8. The van der Waals surface area contributed by atoms with Crippen LogP contribution in [0, 0.1) is 5.92 Å². The number of hydrogen-bond donors (Lipinski definition) is 1. The molecule has 1 atom stereocenters. The lowest BCUT2D eigenvalue weighted by Crippen LogP contribution is -2.03. The smallest absolute Gasteiger partial charge is 0.335 e. The van der Waals surface area contributed by atoms with Crippen molar-refractivity contribution < 1.29 is 9.90 Å². The summed E-state index contributed by atoms with van der Waals surface area (Å²) in [5, 5.41) is 8.72. The Morgan fingerprint density at radius 1 is 1.14 bits per heavy atom. The van der Waals surface area contributed by atoms with E-state index < -0.39 is 5.97 Å². The zero-order chi connectivity index (χ0) is 10.7. The lowest BCUT2D eigenvalue weighted by atomic mass is 9.90. The molecule has 0 fully saturated rings. The number of aromatic carboxylic acids is 1. The highest BCUT2D eigenvalue weighted by molar-refractivity contribution is 5.87. The van der Waals surface area contributed by atoms with Gasteiger partial charge in [-0.2, -0.15) is 0 Å². The number of carbonyl (C=O) groups is 1. The van der Waals surface area contributed by atoms with Gasteiger partial charge in [0, 0.05) is 0 Å². The van der Waals surface area contributed by atoms with Crippen molar-refractivity contribution in [1.82, 2.24) is 0 Å². The van der Waals surface area contributed by atoms with Gasteiger partial charge in [-0.1, -0.05) is 32.9 Å². The molecule has 1 rings (SSSR count). The summed E-state index contributed by atoms with van der Waals surface area (Å²) < 4.78 is 0. The highest BCUT2D eigenvalue weighted by atomic mass is 16.4. The second kappa shape index (κ2) is 4.27. The monoisotopic (exact) mass is 192 g/mol. The van der Waals surface area contributed by atoms with Crippen molar-refractivity contribution in [3.05, 3.63) is 35.4 Å². The van der Waals surface area contributed by atoms with Crippen LogP contribution in [0.3, 0.4) is 0 Å². The Morgan fingerprint density at radius 3 is 2.00 bits per heavy atom. The molecule has 1 N–H and O–H groups in total. The lowest BCUT2D eigenvalue weighted by molar-refractivity contribution is 0.0697. The predicted octanol–water partition coefficient (Wildman–Crippen LogP) is 3.14. The fourth-order valence-corrected chi connectivity index (χ4v) is 1.31. The zero-order valence-electron chi connectivity index (χ0n) is 8.82. The van der Waals surface area contributed by atoms with Crippen LogP contribution >= 0.6 is 0 Å². The van der Waals surface area contributed by atoms with Crippen LogP contribution < -0.4 is 0 Å². The summed E-state index contributed by atoms with van der Waals surface area (Å²) in [6.07, 6.45) is 0. The van der Waals surface area contributed by atoms with Gasteiger partial charge < -0.3 is 5.11 Å². The molecule has 0 bridgehead atoms. The van der Waals surface area contributed by atoms with Crippen LogP contribution in [-0.2, 0) is 0 Å². The highest BCUT2D eigenvalue weighted by Gasteiger charge is 2.10. The Kier molecular flexibility index (Phi) is 3.28. The summed E-state index contributed by atoms with van der Waals surface area (Å²) in [6.45, 7) is 6.48. The number of rotatable bonds is 3. The second-order valence-corrected chi connectivity index (χ2v) is 3.96. The Balaban J connectivity index is 2.88. The van der Waals surface area contributed by atoms with Gasteiger partial charge >= 0.3 is 5.97 Å². The molecule has 0 spiro atoms. The molecule has 0 aliphatic rings. The van der Waals surface area contributed by atoms with E-state index in [2.05, 4.69) is 20.8 Å². The van der Waals surface area contributed by atoms with Gasteiger partial charge in [0.05, 0.1) is 5.56 Å². The van der Waals surface area contributed by atoms with E-state index in [-0.39, 0.29) is 0 Å².